The summed E-state index contributed by atoms with van der Waals surface area (Å²) in [5.41, 5.74) is 0.131. The van der Waals surface area contributed by atoms with Crippen LogP contribution in [0.15, 0.2) is 28.8 Å². The molecule has 0 bridgehead atoms. The topological polar surface area (TPSA) is 118 Å². The van der Waals surface area contributed by atoms with E-state index in [1.165, 1.54) is 4.68 Å². The fourth-order valence-electron chi connectivity index (χ4n) is 2.21. The summed E-state index contributed by atoms with van der Waals surface area (Å²) in [4.78, 5) is 14.7. The van der Waals surface area contributed by atoms with Crippen LogP contribution in [0.3, 0.4) is 0 Å². The third-order valence-corrected chi connectivity index (χ3v) is 3.29. The molecule has 0 saturated carbocycles. The Morgan fingerprint density at radius 2 is 1.92 bits per heavy atom. The van der Waals surface area contributed by atoms with Gasteiger partial charge in [0, 0.05) is 7.05 Å². The highest BCUT2D eigenvalue weighted by Crippen LogP contribution is 2.33. The fraction of sp³-hybridized carbons (Fsp3) is 0.267. The molecule has 0 saturated heterocycles. The summed E-state index contributed by atoms with van der Waals surface area (Å²) in [6.07, 6.45) is 0. The summed E-state index contributed by atoms with van der Waals surface area (Å²) in [5, 5.41) is 18.8. The van der Waals surface area contributed by atoms with Crippen LogP contribution >= 0.6 is 0 Å². The lowest BCUT2D eigenvalue weighted by Crippen LogP contribution is -1.98. The van der Waals surface area contributed by atoms with Gasteiger partial charge in [0.1, 0.15) is 17.2 Å². The second-order valence-electron chi connectivity index (χ2n) is 5.22. The fourth-order valence-corrected chi connectivity index (χ4v) is 2.21. The molecule has 0 fully saturated rings. The summed E-state index contributed by atoms with van der Waals surface area (Å²) < 4.78 is 17.4. The molecule has 0 N–H and O–H groups in total. The third kappa shape index (κ3) is 3.57. The Morgan fingerprint density at radius 1 is 1.24 bits per heavy atom. The average Bonchev–Trinajstić information content (AvgIpc) is 3.10. The first kappa shape index (κ1) is 16.4. The second-order valence-corrected chi connectivity index (χ2v) is 5.22. The normalized spacial score (nSPS) is 10.7. The number of rotatable bonds is 6. The zero-order valence-corrected chi connectivity index (χ0v) is 13.8. The van der Waals surface area contributed by atoms with Gasteiger partial charge in [0.15, 0.2) is 12.4 Å². The molecule has 130 valence electrons. The van der Waals surface area contributed by atoms with E-state index in [0.29, 0.717) is 23.2 Å². The first-order chi connectivity index (χ1) is 11.9. The predicted octanol–water partition coefficient (Wildman–Crippen LogP) is 2.70. The lowest BCUT2D eigenvalue weighted by Gasteiger charge is -2.07. The Bertz CT molecular complexity index is 900. The van der Waals surface area contributed by atoms with Crippen LogP contribution in [0.2, 0.25) is 0 Å². The first-order valence-corrected chi connectivity index (χ1v) is 7.32. The van der Waals surface area contributed by atoms with Gasteiger partial charge in [-0.2, -0.15) is 10.1 Å². The van der Waals surface area contributed by atoms with Gasteiger partial charge < -0.3 is 14.0 Å². The van der Waals surface area contributed by atoms with E-state index in [0.717, 1.165) is 0 Å². The highest BCUT2D eigenvalue weighted by atomic mass is 16.6. The van der Waals surface area contributed by atoms with Gasteiger partial charge in [0.2, 0.25) is 0 Å². The van der Waals surface area contributed by atoms with Crippen LogP contribution in [0.1, 0.15) is 17.4 Å². The van der Waals surface area contributed by atoms with E-state index < -0.39 is 4.92 Å². The molecule has 3 aromatic rings. The quantitative estimate of drug-likeness (QED) is 0.494. The molecule has 0 spiro atoms. The van der Waals surface area contributed by atoms with Gasteiger partial charge in [-0.25, -0.2) is 4.68 Å². The van der Waals surface area contributed by atoms with Gasteiger partial charge in [0.05, 0.1) is 4.92 Å². The Kier molecular flexibility index (Phi) is 4.33. The van der Waals surface area contributed by atoms with Crippen molar-refractivity contribution in [3.8, 4) is 17.4 Å². The molecule has 0 aliphatic rings. The number of nitrogens with zero attached hydrogens (tertiary/aromatic N) is 5. The van der Waals surface area contributed by atoms with Crippen LogP contribution in [-0.4, -0.2) is 24.8 Å². The molecule has 1 aromatic carbocycles. The Morgan fingerprint density at radius 3 is 2.52 bits per heavy atom. The molecule has 10 heteroatoms. The summed E-state index contributed by atoms with van der Waals surface area (Å²) in [6.45, 7) is 3.42. The van der Waals surface area contributed by atoms with Gasteiger partial charge in [-0.15, -0.1) is 0 Å². The maximum atomic E-state index is 11.2. The van der Waals surface area contributed by atoms with Gasteiger partial charge in [-0.05, 0) is 38.1 Å². The number of aromatic nitrogens is 4. The zero-order chi connectivity index (χ0) is 18.0. The third-order valence-electron chi connectivity index (χ3n) is 3.29. The molecule has 0 amide bonds. The van der Waals surface area contributed by atoms with Gasteiger partial charge in [0.25, 0.3) is 11.8 Å². The van der Waals surface area contributed by atoms with Crippen molar-refractivity contribution >= 4 is 5.69 Å². The van der Waals surface area contributed by atoms with Gasteiger partial charge >= 0.3 is 5.69 Å². The van der Waals surface area contributed by atoms with Crippen LogP contribution in [0.5, 0.6) is 17.4 Å². The van der Waals surface area contributed by atoms with Crippen LogP contribution < -0.4 is 9.47 Å². The molecule has 2 aromatic heterocycles. The highest BCUT2D eigenvalue weighted by Gasteiger charge is 2.26. The lowest BCUT2D eigenvalue weighted by molar-refractivity contribution is -0.386. The predicted molar refractivity (Wildman–Crippen MR) is 84.5 cm³/mol. The van der Waals surface area contributed by atoms with E-state index in [2.05, 4.69) is 15.2 Å². The number of benzene rings is 1. The van der Waals surface area contributed by atoms with Crippen LogP contribution in [0.25, 0.3) is 0 Å². The maximum Gasteiger partial charge on any atom is 0.353 e. The smallest absolute Gasteiger partial charge is 0.353 e. The monoisotopic (exact) mass is 345 g/mol. The van der Waals surface area contributed by atoms with Crippen molar-refractivity contribution in [2.45, 2.75) is 20.5 Å². The minimum Gasteiger partial charge on any atom is -0.484 e. The van der Waals surface area contributed by atoms with Gasteiger partial charge in [-0.1, -0.05) is 5.16 Å². The van der Waals surface area contributed by atoms with Crippen molar-refractivity contribution in [3.05, 3.63) is 51.8 Å². The Labute approximate surface area is 142 Å². The molecule has 0 radical (unpaired) electrons. The minimum atomic E-state index is -0.512. The average molecular weight is 345 g/mol. The van der Waals surface area contributed by atoms with Crippen molar-refractivity contribution in [2.75, 3.05) is 0 Å². The number of aryl methyl sites for hydroxylation is 3. The van der Waals surface area contributed by atoms with E-state index in [-0.39, 0.29) is 23.9 Å². The van der Waals surface area contributed by atoms with Crippen molar-refractivity contribution in [2.24, 2.45) is 7.05 Å². The summed E-state index contributed by atoms with van der Waals surface area (Å²) in [6, 6.07) is 6.63. The molecule has 0 aliphatic heterocycles. The van der Waals surface area contributed by atoms with E-state index in [1.54, 1.807) is 45.2 Å². The summed E-state index contributed by atoms with van der Waals surface area (Å²) in [7, 11) is 1.58. The largest absolute Gasteiger partial charge is 0.484 e. The number of hydrogen-bond donors (Lipinski definition) is 0. The lowest BCUT2D eigenvalue weighted by atomic mass is 10.3. The van der Waals surface area contributed by atoms with Crippen LogP contribution in [0, 0.1) is 24.0 Å². The van der Waals surface area contributed by atoms with E-state index in [9.17, 15) is 10.1 Å². The molecule has 25 heavy (non-hydrogen) atoms. The maximum absolute atomic E-state index is 11.2. The van der Waals surface area contributed by atoms with Crippen molar-refractivity contribution in [1.29, 1.82) is 0 Å². The van der Waals surface area contributed by atoms with E-state index in [1.807, 2.05) is 0 Å². The van der Waals surface area contributed by atoms with E-state index in [4.69, 9.17) is 14.0 Å². The van der Waals surface area contributed by atoms with Crippen molar-refractivity contribution in [1.82, 2.24) is 19.9 Å². The van der Waals surface area contributed by atoms with Crippen molar-refractivity contribution in [3.63, 3.8) is 0 Å². The highest BCUT2D eigenvalue weighted by molar-refractivity contribution is 5.48. The minimum absolute atomic E-state index is 0.0671. The number of hydrogen-bond acceptors (Lipinski definition) is 8. The summed E-state index contributed by atoms with van der Waals surface area (Å²) >= 11 is 0. The molecule has 0 atom stereocenters. The number of nitro groups is 1. The van der Waals surface area contributed by atoms with Crippen molar-refractivity contribution < 1.29 is 18.9 Å². The summed E-state index contributed by atoms with van der Waals surface area (Å²) in [5.74, 6) is 1.97. The molecule has 0 aliphatic carbocycles. The SMILES string of the molecule is Cc1noc(COc2ccc(Oc3c([N+](=O)[O-])c(C)nn3C)cc2)n1. The van der Waals surface area contributed by atoms with E-state index >= 15 is 0 Å². The van der Waals surface area contributed by atoms with Crippen LogP contribution in [0.4, 0.5) is 5.69 Å². The molecule has 10 nitrogen and oxygen atoms in total. The Hall–Kier alpha value is -3.43. The van der Waals surface area contributed by atoms with Crippen LogP contribution in [-0.2, 0) is 13.7 Å². The number of ether oxygens (including phenoxy) is 2. The molecular weight excluding hydrogens is 330 g/mol. The zero-order valence-electron chi connectivity index (χ0n) is 13.8. The molecule has 2 heterocycles. The Balaban J connectivity index is 1.70. The standard InChI is InChI=1S/C15H15N5O5/c1-9-14(20(21)22)15(19(3)17-9)24-12-6-4-11(5-7-12)23-8-13-16-10(2)18-25-13/h4-7H,8H2,1-3H3. The van der Waals surface area contributed by atoms with Gasteiger partial charge in [-0.3, -0.25) is 10.1 Å². The molecule has 3 rings (SSSR count). The second kappa shape index (κ2) is 6.59. The molecular formula is C15H15N5O5. The molecule has 0 unspecified atom stereocenters. The first-order valence-electron chi connectivity index (χ1n) is 7.32.